The van der Waals surface area contributed by atoms with Gasteiger partial charge in [-0.05, 0) is 58.3 Å². The molecule has 182 valence electrons. The Hall–Kier alpha value is -1.79. The van der Waals surface area contributed by atoms with Crippen molar-refractivity contribution in [2.75, 3.05) is 19.7 Å². The van der Waals surface area contributed by atoms with Gasteiger partial charge in [0.2, 0.25) is 11.8 Å². The second-order valence-electron chi connectivity index (χ2n) is 12.5. The van der Waals surface area contributed by atoms with Gasteiger partial charge in [-0.3, -0.25) is 14.7 Å². The SMILES string of the molecule is CC1(C)CCC(N(C(=O)C(C)(C)C)[C@H]2C[C@@H](C3=NCCO3)N(C(=O)OC(C)(C)C)C2)CC1. The number of hydrogen-bond donors (Lipinski definition) is 0. The van der Waals surface area contributed by atoms with E-state index in [0.717, 1.165) is 25.7 Å². The van der Waals surface area contributed by atoms with Crippen molar-refractivity contribution in [2.45, 2.75) is 111 Å². The van der Waals surface area contributed by atoms with Crippen molar-refractivity contribution in [3.05, 3.63) is 0 Å². The highest BCUT2D eigenvalue weighted by Crippen LogP contribution is 2.40. The molecule has 1 saturated carbocycles. The molecule has 0 unspecified atom stereocenters. The van der Waals surface area contributed by atoms with Crippen molar-refractivity contribution < 1.29 is 19.1 Å². The normalized spacial score (nSPS) is 26.5. The number of nitrogens with zero attached hydrogens (tertiary/aromatic N) is 3. The first-order valence-corrected chi connectivity index (χ1v) is 12.2. The average Bonchev–Trinajstić information content (AvgIpc) is 3.30. The maximum atomic E-state index is 13.7. The molecule has 7 heteroatoms. The highest BCUT2D eigenvalue weighted by Gasteiger charge is 2.48. The monoisotopic (exact) mass is 449 g/mol. The summed E-state index contributed by atoms with van der Waals surface area (Å²) in [6.45, 7) is 17.8. The van der Waals surface area contributed by atoms with Gasteiger partial charge in [-0.1, -0.05) is 34.6 Å². The topological polar surface area (TPSA) is 71.4 Å². The molecule has 0 aromatic heterocycles. The Morgan fingerprint density at radius 1 is 1.09 bits per heavy atom. The van der Waals surface area contributed by atoms with Crippen LogP contribution in [0.5, 0.6) is 0 Å². The molecular formula is C25H43N3O4. The Kier molecular flexibility index (Phi) is 6.88. The molecule has 2 atom stereocenters. The highest BCUT2D eigenvalue weighted by atomic mass is 16.6. The van der Waals surface area contributed by atoms with E-state index < -0.39 is 11.0 Å². The number of rotatable bonds is 3. The van der Waals surface area contributed by atoms with Crippen molar-refractivity contribution in [3.8, 4) is 0 Å². The van der Waals surface area contributed by atoms with E-state index in [1.54, 1.807) is 4.90 Å². The first kappa shape index (κ1) is 24.8. The Morgan fingerprint density at radius 2 is 1.72 bits per heavy atom. The molecule has 1 saturated heterocycles. The van der Waals surface area contributed by atoms with Crippen molar-refractivity contribution in [1.82, 2.24) is 9.80 Å². The zero-order chi connectivity index (χ0) is 23.9. The van der Waals surface area contributed by atoms with Crippen molar-refractivity contribution in [2.24, 2.45) is 15.8 Å². The Balaban J connectivity index is 1.88. The molecule has 2 fully saturated rings. The minimum atomic E-state index is -0.589. The molecule has 2 aliphatic heterocycles. The van der Waals surface area contributed by atoms with Crippen molar-refractivity contribution >= 4 is 17.9 Å². The summed E-state index contributed by atoms with van der Waals surface area (Å²) in [6.07, 6.45) is 4.48. The number of likely N-dealkylation sites (tertiary alicyclic amines) is 1. The largest absolute Gasteiger partial charge is 0.478 e. The molecule has 0 N–H and O–H groups in total. The first-order valence-electron chi connectivity index (χ1n) is 12.2. The number of carbonyl (C=O) groups excluding carboxylic acids is 2. The van der Waals surface area contributed by atoms with Gasteiger partial charge >= 0.3 is 6.09 Å². The van der Waals surface area contributed by atoms with E-state index in [1.165, 1.54) is 0 Å². The molecule has 0 radical (unpaired) electrons. The predicted octanol–water partition coefficient (Wildman–Crippen LogP) is 4.64. The molecule has 7 nitrogen and oxygen atoms in total. The number of aliphatic imine (C=N–C) groups is 1. The lowest BCUT2D eigenvalue weighted by atomic mass is 9.74. The summed E-state index contributed by atoms with van der Waals surface area (Å²) in [4.78, 5) is 35.1. The zero-order valence-electron chi connectivity index (χ0n) is 21.4. The minimum absolute atomic E-state index is 0.0719. The summed E-state index contributed by atoms with van der Waals surface area (Å²) >= 11 is 0. The van der Waals surface area contributed by atoms with Crippen molar-refractivity contribution in [1.29, 1.82) is 0 Å². The van der Waals surface area contributed by atoms with Crippen LogP contribution in [0.4, 0.5) is 4.79 Å². The third-order valence-electron chi connectivity index (χ3n) is 6.77. The van der Waals surface area contributed by atoms with Crippen LogP contribution in [0.15, 0.2) is 4.99 Å². The lowest BCUT2D eigenvalue weighted by Crippen LogP contribution is -2.53. The van der Waals surface area contributed by atoms with E-state index in [1.807, 2.05) is 41.5 Å². The van der Waals surface area contributed by atoms with Crippen LogP contribution in [0.1, 0.15) is 87.5 Å². The van der Waals surface area contributed by atoms with Crippen molar-refractivity contribution in [3.63, 3.8) is 0 Å². The predicted molar refractivity (Wildman–Crippen MR) is 126 cm³/mol. The molecule has 0 spiro atoms. The Morgan fingerprint density at radius 3 is 2.22 bits per heavy atom. The summed E-state index contributed by atoms with van der Waals surface area (Å²) in [5.41, 5.74) is -0.753. The molecule has 2 amide bonds. The Bertz CT molecular complexity index is 737. The summed E-state index contributed by atoms with van der Waals surface area (Å²) in [5, 5.41) is 0. The van der Waals surface area contributed by atoms with Gasteiger partial charge in [0.25, 0.3) is 0 Å². The van der Waals surface area contributed by atoms with E-state index in [4.69, 9.17) is 9.47 Å². The fourth-order valence-electron chi connectivity index (χ4n) is 5.00. The Labute approximate surface area is 193 Å². The van der Waals surface area contributed by atoms with Gasteiger partial charge in [0.05, 0.1) is 12.6 Å². The average molecular weight is 450 g/mol. The molecule has 2 heterocycles. The van der Waals surface area contributed by atoms with Crippen LogP contribution in [0.2, 0.25) is 0 Å². The molecule has 1 aliphatic carbocycles. The van der Waals surface area contributed by atoms with Crippen LogP contribution in [0.25, 0.3) is 0 Å². The third-order valence-corrected chi connectivity index (χ3v) is 6.77. The second-order valence-corrected chi connectivity index (χ2v) is 12.5. The molecule has 0 bridgehead atoms. The molecule has 0 aromatic rings. The molecule has 0 aromatic carbocycles. The maximum absolute atomic E-state index is 13.7. The number of amides is 2. The summed E-state index contributed by atoms with van der Waals surface area (Å²) < 4.78 is 11.5. The summed E-state index contributed by atoms with van der Waals surface area (Å²) in [7, 11) is 0. The number of carbonyl (C=O) groups is 2. The van der Waals surface area contributed by atoms with Gasteiger partial charge in [-0.15, -0.1) is 0 Å². The van der Waals surface area contributed by atoms with Crippen LogP contribution in [0.3, 0.4) is 0 Å². The van der Waals surface area contributed by atoms with Gasteiger partial charge in [0, 0.05) is 18.0 Å². The first-order chi connectivity index (χ1) is 14.7. The minimum Gasteiger partial charge on any atom is -0.478 e. The van der Waals surface area contributed by atoms with Crippen LogP contribution >= 0.6 is 0 Å². The lowest BCUT2D eigenvalue weighted by molar-refractivity contribution is -0.146. The summed E-state index contributed by atoms with van der Waals surface area (Å²) in [6, 6.07) is -0.157. The second kappa shape index (κ2) is 8.86. The molecule has 3 aliphatic rings. The third kappa shape index (κ3) is 5.76. The fraction of sp³-hybridized carbons (Fsp3) is 0.880. The molecule has 32 heavy (non-hydrogen) atoms. The van der Waals surface area contributed by atoms with Gasteiger partial charge in [-0.25, -0.2) is 4.79 Å². The summed E-state index contributed by atoms with van der Waals surface area (Å²) in [5.74, 6) is 0.762. The highest BCUT2D eigenvalue weighted by molar-refractivity contribution is 5.88. The van der Waals surface area contributed by atoms with E-state index in [2.05, 4.69) is 23.7 Å². The van der Waals surface area contributed by atoms with Gasteiger partial charge in [-0.2, -0.15) is 0 Å². The zero-order valence-corrected chi connectivity index (χ0v) is 21.4. The quantitative estimate of drug-likeness (QED) is 0.629. The molecular weight excluding hydrogens is 406 g/mol. The van der Waals surface area contributed by atoms with Gasteiger partial charge in [0.1, 0.15) is 18.2 Å². The lowest BCUT2D eigenvalue weighted by Gasteiger charge is -2.45. The standard InChI is InChI=1S/C25H43N3O4/c1-23(2,3)21(29)28(17-9-11-25(7,8)12-10-17)18-15-19(20-26-13-14-31-20)27(16-18)22(30)32-24(4,5)6/h17-19H,9-16H2,1-8H3/t18-,19-/m0/s1. The maximum Gasteiger partial charge on any atom is 0.411 e. The fourth-order valence-corrected chi connectivity index (χ4v) is 5.00. The number of ether oxygens (including phenoxy) is 2. The smallest absolute Gasteiger partial charge is 0.411 e. The van der Waals surface area contributed by atoms with Crippen LogP contribution in [-0.2, 0) is 14.3 Å². The van der Waals surface area contributed by atoms with Crippen LogP contribution in [-0.4, -0.2) is 71.1 Å². The van der Waals surface area contributed by atoms with Gasteiger partial charge in [0.15, 0.2) is 0 Å². The van der Waals surface area contributed by atoms with E-state index in [-0.39, 0.29) is 30.1 Å². The number of hydrogen-bond acceptors (Lipinski definition) is 5. The van der Waals surface area contributed by atoms with Crippen LogP contribution < -0.4 is 0 Å². The van der Waals surface area contributed by atoms with E-state index in [0.29, 0.717) is 37.4 Å². The van der Waals surface area contributed by atoms with E-state index >= 15 is 0 Å². The van der Waals surface area contributed by atoms with Crippen LogP contribution in [0, 0.1) is 10.8 Å². The van der Waals surface area contributed by atoms with Gasteiger partial charge < -0.3 is 14.4 Å². The molecule has 3 rings (SSSR count). The van der Waals surface area contributed by atoms with E-state index in [9.17, 15) is 9.59 Å².